The van der Waals surface area contributed by atoms with Gasteiger partial charge in [0.15, 0.2) is 0 Å². The van der Waals surface area contributed by atoms with E-state index >= 15 is 0 Å². The van der Waals surface area contributed by atoms with Crippen molar-refractivity contribution in [3.05, 3.63) is 84.9 Å². The van der Waals surface area contributed by atoms with Gasteiger partial charge in [-0.3, -0.25) is 0 Å². The molecule has 0 amide bonds. The molecule has 0 aliphatic carbocycles. The zero-order chi connectivity index (χ0) is 19.2. The minimum absolute atomic E-state index is 0.961. The van der Waals surface area contributed by atoms with Gasteiger partial charge < -0.3 is 0 Å². The van der Waals surface area contributed by atoms with E-state index in [1.54, 1.807) is 0 Å². The Labute approximate surface area is 171 Å². The van der Waals surface area contributed by atoms with Gasteiger partial charge in [-0.25, -0.2) is 0 Å². The van der Waals surface area contributed by atoms with Crippen LogP contribution in [-0.4, -0.2) is 13.3 Å². The molecule has 4 aromatic carbocycles. The van der Waals surface area contributed by atoms with Crippen LogP contribution in [0.15, 0.2) is 84.9 Å². The topological polar surface area (TPSA) is 21.7 Å². The van der Waals surface area contributed by atoms with E-state index in [9.17, 15) is 0 Å². The third kappa shape index (κ3) is 1.80. The van der Waals surface area contributed by atoms with Gasteiger partial charge in [-0.15, -0.1) is 0 Å². The van der Waals surface area contributed by atoms with Crippen LogP contribution in [0.25, 0.3) is 0 Å². The summed E-state index contributed by atoms with van der Waals surface area (Å²) in [4.78, 5) is 2.37. The molecule has 3 nitrogen and oxygen atoms in total. The Bertz CT molecular complexity index is 1260. The van der Waals surface area contributed by atoms with Gasteiger partial charge in [0.05, 0.1) is 0 Å². The van der Waals surface area contributed by atoms with E-state index in [1.165, 1.54) is 24.6 Å². The Morgan fingerprint density at radius 1 is 0.552 bits per heavy atom. The molecule has 4 aromatic rings. The second-order valence-electron chi connectivity index (χ2n) is 7.93. The van der Waals surface area contributed by atoms with Gasteiger partial charge in [0, 0.05) is 0 Å². The number of ether oxygens (including phenoxy) is 2. The maximum absolute atomic E-state index is 6.44. The maximum atomic E-state index is 6.44. The molecule has 0 saturated carbocycles. The Hall–Kier alpha value is -3.18. The predicted octanol–water partition coefficient (Wildman–Crippen LogP) is 4.78. The van der Waals surface area contributed by atoms with Gasteiger partial charge in [0.2, 0.25) is 0 Å². The second kappa shape index (κ2) is 5.25. The number of anilines is 3. The first kappa shape index (κ1) is 15.7. The summed E-state index contributed by atoms with van der Waals surface area (Å²) in [6.07, 6.45) is 0. The van der Waals surface area contributed by atoms with Crippen molar-refractivity contribution in [1.29, 1.82) is 0 Å². The fourth-order valence-electron chi connectivity index (χ4n) is 5.36. The first-order valence-electron chi connectivity index (χ1n) is 9.88. The molecule has 0 bridgehead atoms. The van der Waals surface area contributed by atoms with Crippen LogP contribution >= 0.6 is 0 Å². The summed E-state index contributed by atoms with van der Waals surface area (Å²) in [5.74, 6) is 6.42. The van der Waals surface area contributed by atoms with E-state index in [-0.39, 0.29) is 0 Å². The van der Waals surface area contributed by atoms with Gasteiger partial charge >= 0.3 is 172 Å². The summed E-state index contributed by atoms with van der Waals surface area (Å²) in [5.41, 5.74) is 3.63. The fraction of sp³-hybridized carbons (Fsp3) is 0.0400. The molecule has 0 fully saturated rings. The van der Waals surface area contributed by atoms with Crippen LogP contribution < -0.4 is 27.6 Å². The quantitative estimate of drug-likeness (QED) is 0.353. The van der Waals surface area contributed by atoms with Crippen LogP contribution in [0.2, 0.25) is 5.76 Å². The summed E-state index contributed by atoms with van der Waals surface area (Å²) in [6, 6.07) is 29.7. The van der Waals surface area contributed by atoms with Crippen molar-refractivity contribution in [2.24, 2.45) is 0 Å². The molecule has 0 saturated heterocycles. The van der Waals surface area contributed by atoms with Crippen LogP contribution in [0, 0.1) is 0 Å². The molecule has 0 spiro atoms. The van der Waals surface area contributed by atoms with Gasteiger partial charge in [0.1, 0.15) is 0 Å². The van der Waals surface area contributed by atoms with Crippen molar-refractivity contribution in [2.45, 2.75) is 5.76 Å². The Kier molecular flexibility index (Phi) is 2.84. The number of nitrogens with zero attached hydrogens (tertiary/aromatic N) is 1. The molecule has 7 rings (SSSR count). The Balaban J connectivity index is 1.67. The van der Waals surface area contributed by atoms with Crippen LogP contribution in [0.1, 0.15) is 0 Å². The standard InChI is InChI=1S/C25H17GeNO2/c1-26-23-17-10-5-12-19(23)28-21-14-7-15-22(25(21)26)29-20-13-6-11-18(24(20)26)27(17)16-8-3-2-4-9-16/h2-15H,1H3. The number of para-hydroxylation sites is 1. The first-order valence-corrected chi connectivity index (χ1v) is 15.1. The monoisotopic (exact) mass is 437 g/mol. The fourth-order valence-corrected chi connectivity index (χ4v) is 15.2. The van der Waals surface area contributed by atoms with E-state index in [0.717, 1.165) is 28.7 Å². The summed E-state index contributed by atoms with van der Waals surface area (Å²) in [5, 5.41) is 0. The number of benzene rings is 4. The zero-order valence-electron chi connectivity index (χ0n) is 15.8. The van der Waals surface area contributed by atoms with Crippen molar-refractivity contribution in [3.63, 3.8) is 0 Å². The van der Waals surface area contributed by atoms with Crippen molar-refractivity contribution >= 4 is 43.5 Å². The predicted molar refractivity (Wildman–Crippen MR) is 118 cm³/mol. The van der Waals surface area contributed by atoms with Crippen LogP contribution in [-0.2, 0) is 0 Å². The molecule has 0 atom stereocenters. The summed E-state index contributed by atoms with van der Waals surface area (Å²) < 4.78 is 17.0. The molecule has 0 radical (unpaired) electrons. The Morgan fingerprint density at radius 2 is 1.03 bits per heavy atom. The van der Waals surface area contributed by atoms with E-state index in [0.29, 0.717) is 0 Å². The Morgan fingerprint density at radius 3 is 1.59 bits per heavy atom. The van der Waals surface area contributed by atoms with E-state index in [4.69, 9.17) is 9.47 Å². The SMILES string of the molecule is [CH3][Ge]12[c]3c4cccc3Oc3cccc([c]31)N(c1ccccc1)c1cccc([c]12)O4. The normalized spacial score (nSPS) is 15.8. The number of rotatable bonds is 1. The van der Waals surface area contributed by atoms with E-state index < -0.39 is 13.3 Å². The minimum atomic E-state index is -2.95. The van der Waals surface area contributed by atoms with Crippen LogP contribution in [0.4, 0.5) is 17.1 Å². The molecule has 3 heterocycles. The van der Waals surface area contributed by atoms with E-state index in [1.807, 2.05) is 6.07 Å². The van der Waals surface area contributed by atoms with Crippen molar-refractivity contribution in [2.75, 3.05) is 4.90 Å². The van der Waals surface area contributed by atoms with Gasteiger partial charge in [-0.2, -0.15) is 0 Å². The third-order valence-corrected chi connectivity index (χ3v) is 15.9. The summed E-state index contributed by atoms with van der Waals surface area (Å²) in [7, 11) is 0. The summed E-state index contributed by atoms with van der Waals surface area (Å²) >= 11 is -2.95. The van der Waals surface area contributed by atoms with Gasteiger partial charge in [-0.05, 0) is 0 Å². The molecular weight excluding hydrogens is 419 g/mol. The summed E-state index contributed by atoms with van der Waals surface area (Å²) in [6.45, 7) is 0. The molecule has 0 unspecified atom stereocenters. The van der Waals surface area contributed by atoms with Gasteiger partial charge in [-0.1, -0.05) is 0 Å². The molecule has 0 aromatic heterocycles. The molecule has 3 aliphatic heterocycles. The molecule has 29 heavy (non-hydrogen) atoms. The third-order valence-electron chi connectivity index (χ3n) is 6.43. The number of hydrogen-bond acceptors (Lipinski definition) is 3. The molecular formula is C25H17GeNO2. The zero-order valence-corrected chi connectivity index (χ0v) is 17.9. The van der Waals surface area contributed by atoms with Gasteiger partial charge in [0.25, 0.3) is 0 Å². The van der Waals surface area contributed by atoms with Crippen molar-refractivity contribution in [1.82, 2.24) is 0 Å². The average Bonchev–Trinajstić information content (AvgIpc) is 2.74. The van der Waals surface area contributed by atoms with E-state index in [2.05, 4.69) is 89.5 Å². The van der Waals surface area contributed by atoms with Crippen molar-refractivity contribution < 1.29 is 9.47 Å². The van der Waals surface area contributed by atoms with Crippen molar-refractivity contribution in [3.8, 4) is 23.0 Å². The number of hydrogen-bond donors (Lipinski definition) is 0. The average molecular weight is 436 g/mol. The molecule has 3 aliphatic rings. The second-order valence-corrected chi connectivity index (χ2v) is 15.8. The molecule has 138 valence electrons. The van der Waals surface area contributed by atoms with Crippen LogP contribution in [0.5, 0.6) is 23.0 Å². The van der Waals surface area contributed by atoms with Crippen LogP contribution in [0.3, 0.4) is 0 Å². The molecule has 4 heteroatoms. The molecule has 0 N–H and O–H groups in total. The first-order chi connectivity index (χ1) is 14.3.